The Bertz CT molecular complexity index is 923. The van der Waals surface area contributed by atoms with Crippen molar-refractivity contribution in [3.8, 4) is 11.1 Å². The molecule has 0 atom stereocenters. The van der Waals surface area contributed by atoms with Gasteiger partial charge in [0.15, 0.2) is 5.65 Å². The van der Waals surface area contributed by atoms with Gasteiger partial charge < -0.3 is 10.8 Å². The first kappa shape index (κ1) is 14.3. The number of nitrogens with two attached hydrogens (primary N) is 1. The number of fused-ring (bicyclic) bond motifs is 1. The summed E-state index contributed by atoms with van der Waals surface area (Å²) in [5, 5.41) is 12.9. The van der Waals surface area contributed by atoms with Crippen LogP contribution in [0.15, 0.2) is 24.4 Å². The van der Waals surface area contributed by atoms with E-state index >= 15 is 0 Å². The standard InChI is InChI=1S/C14H10ClFN4O2/c1-6-4-8(15)11(13(21)22)12(16)10(6)7-2-3-20-9(5-7)18-14(17)19-20/h2-5H,1H3,(H2,17,19)(H,21,22). The molecule has 2 aromatic heterocycles. The van der Waals surface area contributed by atoms with Gasteiger partial charge in [-0.25, -0.2) is 13.7 Å². The molecule has 0 bridgehead atoms. The number of anilines is 1. The summed E-state index contributed by atoms with van der Waals surface area (Å²) in [6.45, 7) is 1.65. The van der Waals surface area contributed by atoms with Gasteiger partial charge in [-0.05, 0) is 36.2 Å². The molecule has 2 heterocycles. The fourth-order valence-electron chi connectivity index (χ4n) is 2.34. The quantitative estimate of drug-likeness (QED) is 0.757. The molecule has 1 aromatic carbocycles. The number of halogens is 2. The fraction of sp³-hybridized carbons (Fsp3) is 0.0714. The van der Waals surface area contributed by atoms with Crippen molar-refractivity contribution in [2.45, 2.75) is 6.92 Å². The van der Waals surface area contributed by atoms with Gasteiger partial charge in [0.2, 0.25) is 5.95 Å². The number of carbonyl (C=O) groups is 1. The highest BCUT2D eigenvalue weighted by atomic mass is 35.5. The molecule has 112 valence electrons. The van der Waals surface area contributed by atoms with Crippen molar-refractivity contribution < 1.29 is 14.3 Å². The first-order valence-electron chi connectivity index (χ1n) is 6.22. The lowest BCUT2D eigenvalue weighted by molar-refractivity contribution is 0.0692. The van der Waals surface area contributed by atoms with Crippen molar-refractivity contribution >= 4 is 29.2 Å². The largest absolute Gasteiger partial charge is 0.478 e. The number of aromatic carboxylic acids is 1. The Morgan fingerprint density at radius 1 is 1.45 bits per heavy atom. The van der Waals surface area contributed by atoms with Crippen LogP contribution in [0.25, 0.3) is 16.8 Å². The van der Waals surface area contributed by atoms with E-state index in [1.54, 1.807) is 25.3 Å². The lowest BCUT2D eigenvalue weighted by atomic mass is 9.97. The molecule has 0 radical (unpaired) electrons. The van der Waals surface area contributed by atoms with Crippen molar-refractivity contribution in [1.82, 2.24) is 14.6 Å². The van der Waals surface area contributed by atoms with Crippen LogP contribution >= 0.6 is 11.6 Å². The van der Waals surface area contributed by atoms with Gasteiger partial charge in [-0.15, -0.1) is 5.10 Å². The van der Waals surface area contributed by atoms with E-state index in [1.165, 1.54) is 10.6 Å². The summed E-state index contributed by atoms with van der Waals surface area (Å²) in [6, 6.07) is 4.60. The zero-order valence-electron chi connectivity index (χ0n) is 11.3. The third-order valence-electron chi connectivity index (χ3n) is 3.27. The molecule has 0 fully saturated rings. The van der Waals surface area contributed by atoms with Crippen LogP contribution in [0.1, 0.15) is 15.9 Å². The van der Waals surface area contributed by atoms with E-state index in [2.05, 4.69) is 10.1 Å². The highest BCUT2D eigenvalue weighted by Gasteiger charge is 2.22. The number of benzene rings is 1. The van der Waals surface area contributed by atoms with Crippen molar-refractivity contribution in [1.29, 1.82) is 0 Å². The van der Waals surface area contributed by atoms with E-state index < -0.39 is 17.3 Å². The molecule has 3 N–H and O–H groups in total. The lowest BCUT2D eigenvalue weighted by Gasteiger charge is -2.11. The Morgan fingerprint density at radius 3 is 2.86 bits per heavy atom. The predicted molar refractivity (Wildman–Crippen MR) is 79.5 cm³/mol. The number of hydrogen-bond donors (Lipinski definition) is 2. The van der Waals surface area contributed by atoms with Crippen molar-refractivity contribution in [3.05, 3.63) is 46.4 Å². The second kappa shape index (κ2) is 4.96. The van der Waals surface area contributed by atoms with E-state index in [0.29, 0.717) is 16.8 Å². The molecular formula is C14H10ClFN4O2. The minimum absolute atomic E-state index is 0.0941. The maximum Gasteiger partial charge on any atom is 0.340 e. The first-order valence-corrected chi connectivity index (χ1v) is 6.60. The predicted octanol–water partition coefficient (Wildman–Crippen LogP) is 2.78. The van der Waals surface area contributed by atoms with Crippen LogP contribution in [-0.2, 0) is 0 Å². The summed E-state index contributed by atoms with van der Waals surface area (Å²) in [5.41, 5.74) is 6.53. The minimum Gasteiger partial charge on any atom is -0.478 e. The first-order chi connectivity index (χ1) is 10.4. The van der Waals surface area contributed by atoms with E-state index in [9.17, 15) is 9.18 Å². The molecule has 0 saturated carbocycles. The molecule has 0 spiro atoms. The molecule has 0 aliphatic rings. The lowest BCUT2D eigenvalue weighted by Crippen LogP contribution is -2.05. The van der Waals surface area contributed by atoms with Crippen LogP contribution in [0, 0.1) is 12.7 Å². The molecule has 3 aromatic rings. The third-order valence-corrected chi connectivity index (χ3v) is 3.57. The molecule has 22 heavy (non-hydrogen) atoms. The molecule has 0 amide bonds. The summed E-state index contributed by atoms with van der Waals surface area (Å²) >= 11 is 5.82. The number of carboxylic acids is 1. The zero-order chi connectivity index (χ0) is 16.0. The topological polar surface area (TPSA) is 93.5 Å². The maximum atomic E-state index is 14.6. The van der Waals surface area contributed by atoms with E-state index in [1.807, 2.05) is 0 Å². The monoisotopic (exact) mass is 320 g/mol. The smallest absolute Gasteiger partial charge is 0.340 e. The highest BCUT2D eigenvalue weighted by Crippen LogP contribution is 2.33. The van der Waals surface area contributed by atoms with Crippen molar-refractivity contribution in [2.24, 2.45) is 0 Å². The molecular weight excluding hydrogens is 311 g/mol. The molecule has 0 aliphatic heterocycles. The molecule has 6 nitrogen and oxygen atoms in total. The summed E-state index contributed by atoms with van der Waals surface area (Å²) in [5.74, 6) is -2.21. The normalized spacial score (nSPS) is 11.0. The Labute approximate surface area is 129 Å². The Hall–Kier alpha value is -2.67. The Kier molecular flexibility index (Phi) is 3.22. The average Bonchev–Trinajstić information content (AvgIpc) is 2.76. The van der Waals surface area contributed by atoms with Gasteiger partial charge >= 0.3 is 5.97 Å². The number of aromatic nitrogens is 3. The van der Waals surface area contributed by atoms with Gasteiger partial charge in [0.05, 0.1) is 5.02 Å². The summed E-state index contributed by atoms with van der Waals surface area (Å²) in [4.78, 5) is 15.2. The van der Waals surface area contributed by atoms with Crippen LogP contribution in [0.2, 0.25) is 5.02 Å². The van der Waals surface area contributed by atoms with Crippen molar-refractivity contribution in [3.63, 3.8) is 0 Å². The van der Waals surface area contributed by atoms with Gasteiger partial charge in [0.1, 0.15) is 11.4 Å². The average molecular weight is 321 g/mol. The molecule has 8 heteroatoms. The van der Waals surface area contributed by atoms with Gasteiger partial charge in [-0.1, -0.05) is 11.6 Å². The fourth-order valence-corrected chi connectivity index (χ4v) is 2.67. The van der Waals surface area contributed by atoms with Gasteiger partial charge in [0.25, 0.3) is 0 Å². The van der Waals surface area contributed by atoms with Crippen LogP contribution in [0.5, 0.6) is 0 Å². The summed E-state index contributed by atoms with van der Waals surface area (Å²) in [6.07, 6.45) is 1.57. The number of nitrogen functional groups attached to an aromatic ring is 1. The highest BCUT2D eigenvalue weighted by molar-refractivity contribution is 6.33. The number of hydrogen-bond acceptors (Lipinski definition) is 4. The number of carboxylic acid groups (broad SMARTS) is 1. The summed E-state index contributed by atoms with van der Waals surface area (Å²) < 4.78 is 16.0. The molecule has 0 saturated heterocycles. The number of pyridine rings is 1. The van der Waals surface area contributed by atoms with Gasteiger partial charge in [-0.3, -0.25) is 0 Å². The van der Waals surface area contributed by atoms with Gasteiger partial charge in [-0.2, -0.15) is 4.98 Å². The van der Waals surface area contributed by atoms with E-state index in [0.717, 1.165) is 0 Å². The Morgan fingerprint density at radius 2 is 2.18 bits per heavy atom. The number of aryl methyl sites for hydroxylation is 1. The van der Waals surface area contributed by atoms with E-state index in [-0.39, 0.29) is 16.5 Å². The molecule has 0 unspecified atom stereocenters. The Balaban J connectivity index is 2.29. The number of rotatable bonds is 2. The zero-order valence-corrected chi connectivity index (χ0v) is 12.1. The minimum atomic E-state index is -1.42. The van der Waals surface area contributed by atoms with E-state index in [4.69, 9.17) is 22.4 Å². The second-order valence-electron chi connectivity index (χ2n) is 4.73. The van der Waals surface area contributed by atoms with Gasteiger partial charge in [0, 0.05) is 11.8 Å². The molecule has 3 rings (SSSR count). The summed E-state index contributed by atoms with van der Waals surface area (Å²) in [7, 11) is 0. The van der Waals surface area contributed by atoms with Crippen LogP contribution in [-0.4, -0.2) is 25.7 Å². The number of nitrogens with zero attached hydrogens (tertiary/aromatic N) is 3. The SMILES string of the molecule is Cc1cc(Cl)c(C(=O)O)c(F)c1-c1ccn2nc(N)nc2c1. The van der Waals surface area contributed by atoms with Crippen LogP contribution in [0.4, 0.5) is 10.3 Å². The van der Waals surface area contributed by atoms with Crippen LogP contribution in [0.3, 0.4) is 0 Å². The maximum absolute atomic E-state index is 14.6. The van der Waals surface area contributed by atoms with Crippen LogP contribution < -0.4 is 5.73 Å². The third kappa shape index (κ3) is 2.15. The van der Waals surface area contributed by atoms with Crippen molar-refractivity contribution in [2.75, 3.05) is 5.73 Å². The second-order valence-corrected chi connectivity index (χ2v) is 5.14. The molecule has 0 aliphatic carbocycles.